The Labute approximate surface area is 233 Å². The molecule has 1 saturated carbocycles. The van der Waals surface area contributed by atoms with Gasteiger partial charge in [0.25, 0.3) is 5.91 Å². The predicted octanol–water partition coefficient (Wildman–Crippen LogP) is 1.01. The molecule has 1 aromatic carbocycles. The van der Waals surface area contributed by atoms with E-state index in [0.717, 1.165) is 30.6 Å². The summed E-state index contributed by atoms with van der Waals surface area (Å²) >= 11 is 0. The molecule has 5 rings (SSSR count). The van der Waals surface area contributed by atoms with Gasteiger partial charge in [0.1, 0.15) is 22.8 Å². The number of nitrogens with two attached hydrogens (primary N) is 1. The van der Waals surface area contributed by atoms with Crippen LogP contribution < -0.4 is 10.6 Å². The Morgan fingerprint density at radius 2 is 1.85 bits per heavy atom. The molecule has 0 bridgehead atoms. The number of carbonyl (C=O) groups is 3. The van der Waals surface area contributed by atoms with E-state index in [0.29, 0.717) is 18.2 Å². The van der Waals surface area contributed by atoms with Crippen molar-refractivity contribution in [2.45, 2.75) is 56.8 Å². The molecule has 0 unspecified atom stereocenters. The number of ketones is 2. The standard InChI is InChI=1S/C29H38N4O7/c1-13-7-6-8-33(13)12-15-11-18(34)20-16(22(15)31(2)3)9-14-10-17-23(32(4)5)25(36)21(28(30)39)27(38)29(17,40)26(37)19(14)24(20)35/h11,13-14,17,23,34-35,38,40H,6-10,12H2,1-5H3,(H2,30,39)/t13-,14-,17-,23-,29-/m0/s1. The van der Waals surface area contributed by atoms with Crippen LogP contribution in [0.3, 0.4) is 0 Å². The zero-order valence-corrected chi connectivity index (χ0v) is 23.6. The van der Waals surface area contributed by atoms with Crippen LogP contribution in [0.1, 0.15) is 42.9 Å². The van der Waals surface area contributed by atoms with E-state index in [4.69, 9.17) is 5.73 Å². The SMILES string of the molecule is C[C@H]1CCCN1Cc1cc(O)c2c(c1N(C)C)C[C@H]1C[C@H]3[C@H](N(C)C)C(=O)C(C(N)=O)=C(O)[C@@]3(O)C(=O)C1=C2O. The third kappa shape index (κ3) is 3.86. The molecule has 0 aromatic heterocycles. The summed E-state index contributed by atoms with van der Waals surface area (Å²) < 4.78 is 0. The summed E-state index contributed by atoms with van der Waals surface area (Å²) in [6.45, 7) is 3.74. The summed E-state index contributed by atoms with van der Waals surface area (Å²) in [5, 5.41) is 45.4. The van der Waals surface area contributed by atoms with Crippen LogP contribution in [0.4, 0.5) is 5.69 Å². The molecule has 0 radical (unpaired) electrons. The third-order valence-corrected chi connectivity index (χ3v) is 9.28. The van der Waals surface area contributed by atoms with Crippen LogP contribution in [0.25, 0.3) is 5.76 Å². The highest BCUT2D eigenvalue weighted by Crippen LogP contribution is 2.54. The molecule has 6 N–H and O–H groups in total. The van der Waals surface area contributed by atoms with E-state index >= 15 is 0 Å². The normalized spacial score (nSPS) is 30.5. The van der Waals surface area contributed by atoms with Crippen molar-refractivity contribution in [3.05, 3.63) is 39.7 Å². The largest absolute Gasteiger partial charge is 0.508 e. The van der Waals surface area contributed by atoms with Gasteiger partial charge in [-0.15, -0.1) is 0 Å². The maximum atomic E-state index is 14.0. The molecule has 1 heterocycles. The van der Waals surface area contributed by atoms with Crippen molar-refractivity contribution in [1.82, 2.24) is 9.80 Å². The maximum absolute atomic E-state index is 14.0. The first-order chi connectivity index (χ1) is 18.7. The summed E-state index contributed by atoms with van der Waals surface area (Å²) in [6.07, 6.45) is 2.52. The van der Waals surface area contributed by atoms with Crippen LogP contribution in [0, 0.1) is 11.8 Å². The number of hydrogen-bond donors (Lipinski definition) is 5. The number of phenols is 1. The maximum Gasteiger partial charge on any atom is 0.255 e. The Hall–Kier alpha value is -3.41. The van der Waals surface area contributed by atoms with Gasteiger partial charge >= 0.3 is 0 Å². The van der Waals surface area contributed by atoms with Gasteiger partial charge in [0.05, 0.1) is 11.6 Å². The molecule has 0 spiro atoms. The lowest BCUT2D eigenvalue weighted by molar-refractivity contribution is -0.153. The molecule has 216 valence electrons. The van der Waals surface area contributed by atoms with E-state index in [1.807, 2.05) is 19.0 Å². The van der Waals surface area contributed by atoms with Crippen LogP contribution in [-0.2, 0) is 27.3 Å². The predicted molar refractivity (Wildman–Crippen MR) is 148 cm³/mol. The van der Waals surface area contributed by atoms with Gasteiger partial charge in [-0.2, -0.15) is 0 Å². The average molecular weight is 555 g/mol. The number of likely N-dealkylation sites (tertiary alicyclic amines) is 1. The highest BCUT2D eigenvalue weighted by atomic mass is 16.3. The van der Waals surface area contributed by atoms with Crippen molar-refractivity contribution >= 4 is 28.9 Å². The molecule has 1 aliphatic heterocycles. The quantitative estimate of drug-likeness (QED) is 0.331. The van der Waals surface area contributed by atoms with Gasteiger partial charge in [-0.3, -0.25) is 24.2 Å². The minimum Gasteiger partial charge on any atom is -0.508 e. The van der Waals surface area contributed by atoms with Crippen LogP contribution in [0.2, 0.25) is 0 Å². The number of phenolic OH excluding ortho intramolecular Hbond substituents is 1. The fraction of sp³-hybridized carbons (Fsp3) is 0.552. The Balaban J connectivity index is 1.69. The number of rotatable bonds is 5. The van der Waals surface area contributed by atoms with Crippen molar-refractivity contribution in [3.63, 3.8) is 0 Å². The highest BCUT2D eigenvalue weighted by Gasteiger charge is 2.64. The lowest BCUT2D eigenvalue weighted by atomic mass is 9.57. The average Bonchev–Trinajstić information content (AvgIpc) is 3.24. The lowest BCUT2D eigenvalue weighted by Gasteiger charge is -2.50. The van der Waals surface area contributed by atoms with Gasteiger partial charge in [-0.25, -0.2) is 0 Å². The molecule has 3 aliphatic carbocycles. The number of benzene rings is 1. The Morgan fingerprint density at radius 3 is 2.40 bits per heavy atom. The summed E-state index contributed by atoms with van der Waals surface area (Å²) in [6, 6.07) is 0.909. The lowest BCUT2D eigenvalue weighted by Crippen LogP contribution is -2.65. The molecule has 40 heavy (non-hydrogen) atoms. The molecule has 11 nitrogen and oxygen atoms in total. The number of anilines is 1. The fourth-order valence-corrected chi connectivity index (χ4v) is 7.49. The molecule has 1 amide bonds. The Morgan fingerprint density at radius 1 is 1.18 bits per heavy atom. The minimum absolute atomic E-state index is 0.0623. The first-order valence-corrected chi connectivity index (χ1v) is 13.7. The molecule has 4 aliphatic rings. The van der Waals surface area contributed by atoms with Gasteiger partial charge in [-0.1, -0.05) is 0 Å². The number of hydrogen-bond acceptors (Lipinski definition) is 10. The summed E-state index contributed by atoms with van der Waals surface area (Å²) in [5.41, 5.74) is 4.30. The van der Waals surface area contributed by atoms with Gasteiger partial charge in [0.2, 0.25) is 5.78 Å². The van der Waals surface area contributed by atoms with E-state index in [1.165, 1.54) is 4.90 Å². The first-order valence-electron chi connectivity index (χ1n) is 13.7. The van der Waals surface area contributed by atoms with Crippen LogP contribution in [-0.4, -0.2) is 100 Å². The number of Topliss-reactive ketones (excluding diaryl/α,β-unsaturated/α-hetero) is 2. The number of nitrogens with zero attached hydrogens (tertiary/aromatic N) is 3. The number of aromatic hydroxyl groups is 1. The van der Waals surface area contributed by atoms with E-state index in [-0.39, 0.29) is 29.7 Å². The molecule has 1 saturated heterocycles. The smallest absolute Gasteiger partial charge is 0.255 e. The van der Waals surface area contributed by atoms with E-state index < -0.39 is 58.0 Å². The minimum atomic E-state index is -2.64. The highest BCUT2D eigenvalue weighted by molar-refractivity contribution is 6.24. The zero-order chi connectivity index (χ0) is 29.4. The second-order valence-corrected chi connectivity index (χ2v) is 12.1. The van der Waals surface area contributed by atoms with E-state index in [9.17, 15) is 34.8 Å². The molecular weight excluding hydrogens is 516 g/mol. The number of aliphatic hydroxyl groups is 3. The van der Waals surface area contributed by atoms with Crippen molar-refractivity contribution in [2.75, 3.05) is 39.6 Å². The number of likely N-dealkylation sites (N-methyl/N-ethyl adjacent to an activating group) is 1. The summed E-state index contributed by atoms with van der Waals surface area (Å²) in [4.78, 5) is 45.2. The Kier molecular flexibility index (Phi) is 6.75. The van der Waals surface area contributed by atoms with Crippen molar-refractivity contribution in [1.29, 1.82) is 0 Å². The topological polar surface area (TPSA) is 168 Å². The number of fused-ring (bicyclic) bond motifs is 3. The number of amides is 1. The third-order valence-electron chi connectivity index (χ3n) is 9.28. The van der Waals surface area contributed by atoms with E-state index in [1.54, 1.807) is 20.2 Å². The van der Waals surface area contributed by atoms with Crippen molar-refractivity contribution < 1.29 is 34.8 Å². The monoisotopic (exact) mass is 554 g/mol. The Bertz CT molecular complexity index is 1380. The van der Waals surface area contributed by atoms with Gasteiger partial charge < -0.3 is 31.1 Å². The van der Waals surface area contributed by atoms with Gasteiger partial charge in [0, 0.05) is 43.9 Å². The second kappa shape index (κ2) is 9.60. The van der Waals surface area contributed by atoms with Gasteiger partial charge in [0.15, 0.2) is 11.4 Å². The first kappa shape index (κ1) is 28.1. The van der Waals surface area contributed by atoms with Crippen molar-refractivity contribution in [3.8, 4) is 5.75 Å². The summed E-state index contributed by atoms with van der Waals surface area (Å²) in [5.74, 6) is -6.48. The van der Waals surface area contributed by atoms with Crippen LogP contribution in [0.15, 0.2) is 23.0 Å². The number of aliphatic hydroxyl groups excluding tert-OH is 2. The number of carbonyl (C=O) groups excluding carboxylic acids is 3. The zero-order valence-electron chi connectivity index (χ0n) is 23.6. The van der Waals surface area contributed by atoms with Crippen molar-refractivity contribution in [2.24, 2.45) is 17.6 Å². The molecule has 1 aromatic rings. The van der Waals surface area contributed by atoms with Crippen LogP contribution in [0.5, 0.6) is 5.75 Å². The molecule has 11 heteroatoms. The number of primary amides is 1. The second-order valence-electron chi connectivity index (χ2n) is 12.1. The molecule has 2 fully saturated rings. The van der Waals surface area contributed by atoms with E-state index in [2.05, 4.69) is 11.8 Å². The van der Waals surface area contributed by atoms with Gasteiger partial charge in [-0.05, 0) is 76.4 Å². The fourth-order valence-electron chi connectivity index (χ4n) is 7.49. The van der Waals surface area contributed by atoms with Crippen LogP contribution >= 0.6 is 0 Å². The summed E-state index contributed by atoms with van der Waals surface area (Å²) in [7, 11) is 6.95. The molecule has 5 atom stereocenters. The molecular formula is C29H38N4O7.